The topological polar surface area (TPSA) is 24.1 Å². The minimum absolute atomic E-state index is 0.498. The summed E-state index contributed by atoms with van der Waals surface area (Å²) in [5.41, 5.74) is 0.997. The molecule has 2 heterocycles. The van der Waals surface area contributed by atoms with E-state index in [-0.39, 0.29) is 0 Å². The van der Waals surface area contributed by atoms with E-state index < -0.39 is 0 Å². The number of hydrogen-bond donors (Lipinski definition) is 2. The lowest BCUT2D eigenvalue weighted by Crippen LogP contribution is -2.34. The smallest absolute Gasteiger partial charge is 0.00463 e. The predicted molar refractivity (Wildman–Crippen MR) is 92.6 cm³/mol. The first-order chi connectivity index (χ1) is 9.86. The lowest BCUT2D eigenvalue weighted by atomic mass is 9.66. The van der Waals surface area contributed by atoms with Crippen molar-refractivity contribution in [3.05, 3.63) is 0 Å². The molecule has 0 radical (unpaired) electrons. The average Bonchev–Trinajstić information content (AvgIpc) is 2.38. The predicted octanol–water partition coefficient (Wildman–Crippen LogP) is 4.21. The van der Waals surface area contributed by atoms with Gasteiger partial charge >= 0.3 is 0 Å². The molecule has 0 amide bonds. The summed E-state index contributed by atoms with van der Waals surface area (Å²) in [5, 5.41) is 6.99. The highest BCUT2D eigenvalue weighted by Crippen LogP contribution is 2.43. The molecule has 0 aromatic rings. The molecule has 0 spiro atoms. The van der Waals surface area contributed by atoms with Gasteiger partial charge in [0.25, 0.3) is 0 Å². The zero-order valence-electron chi connectivity index (χ0n) is 14.9. The summed E-state index contributed by atoms with van der Waals surface area (Å²) in [6, 6.07) is 0. The van der Waals surface area contributed by atoms with Crippen LogP contribution in [0.5, 0.6) is 0 Å². The van der Waals surface area contributed by atoms with Gasteiger partial charge in [-0.25, -0.2) is 0 Å². The lowest BCUT2D eigenvalue weighted by molar-refractivity contribution is 0.117. The zero-order chi connectivity index (χ0) is 15.3. The van der Waals surface area contributed by atoms with E-state index in [9.17, 15) is 0 Å². The SMILES string of the molecule is CC(C)(CC1CCNCC1)CC(C)(C)CC1CCNCC1. The van der Waals surface area contributed by atoms with Crippen molar-refractivity contribution in [3.8, 4) is 0 Å². The van der Waals surface area contributed by atoms with Crippen LogP contribution < -0.4 is 10.6 Å². The molecular weight excluding hydrogens is 256 g/mol. The number of rotatable bonds is 6. The molecule has 0 atom stereocenters. The molecule has 124 valence electrons. The number of nitrogens with one attached hydrogen (secondary N) is 2. The van der Waals surface area contributed by atoms with Crippen LogP contribution >= 0.6 is 0 Å². The van der Waals surface area contributed by atoms with Gasteiger partial charge in [-0.15, -0.1) is 0 Å². The van der Waals surface area contributed by atoms with Crippen LogP contribution in [0.25, 0.3) is 0 Å². The summed E-state index contributed by atoms with van der Waals surface area (Å²) < 4.78 is 0. The van der Waals surface area contributed by atoms with Gasteiger partial charge in [0.05, 0.1) is 0 Å². The maximum Gasteiger partial charge on any atom is -0.00463 e. The summed E-state index contributed by atoms with van der Waals surface area (Å²) >= 11 is 0. The molecule has 2 heteroatoms. The van der Waals surface area contributed by atoms with Crippen molar-refractivity contribution in [3.63, 3.8) is 0 Å². The van der Waals surface area contributed by atoms with Crippen LogP contribution in [0.3, 0.4) is 0 Å². The van der Waals surface area contributed by atoms with Gasteiger partial charge in [0, 0.05) is 0 Å². The minimum atomic E-state index is 0.498. The van der Waals surface area contributed by atoms with Crippen molar-refractivity contribution in [2.24, 2.45) is 22.7 Å². The van der Waals surface area contributed by atoms with Crippen LogP contribution in [-0.4, -0.2) is 26.2 Å². The van der Waals surface area contributed by atoms with Crippen LogP contribution in [-0.2, 0) is 0 Å². The summed E-state index contributed by atoms with van der Waals surface area (Å²) in [6.07, 6.45) is 9.77. The third-order valence-electron chi connectivity index (χ3n) is 5.56. The van der Waals surface area contributed by atoms with Gasteiger partial charge in [-0.1, -0.05) is 27.7 Å². The first-order valence-electron chi connectivity index (χ1n) is 9.28. The Morgan fingerprint density at radius 1 is 0.667 bits per heavy atom. The fourth-order valence-electron chi connectivity index (χ4n) is 5.17. The third kappa shape index (κ3) is 6.28. The van der Waals surface area contributed by atoms with Gasteiger partial charge in [0.15, 0.2) is 0 Å². The molecule has 0 unspecified atom stereocenters. The quantitative estimate of drug-likeness (QED) is 0.767. The van der Waals surface area contributed by atoms with E-state index in [4.69, 9.17) is 0 Å². The second kappa shape index (κ2) is 7.46. The van der Waals surface area contributed by atoms with E-state index in [2.05, 4.69) is 38.3 Å². The highest BCUT2D eigenvalue weighted by atomic mass is 14.9. The van der Waals surface area contributed by atoms with Crippen LogP contribution in [0.2, 0.25) is 0 Å². The second-order valence-corrected chi connectivity index (χ2v) is 9.30. The van der Waals surface area contributed by atoms with Crippen LogP contribution in [0.15, 0.2) is 0 Å². The molecule has 2 N–H and O–H groups in total. The van der Waals surface area contributed by atoms with E-state index in [0.29, 0.717) is 10.8 Å². The van der Waals surface area contributed by atoms with Crippen molar-refractivity contribution in [2.75, 3.05) is 26.2 Å². The van der Waals surface area contributed by atoms with Gasteiger partial charge in [-0.2, -0.15) is 0 Å². The number of hydrogen-bond acceptors (Lipinski definition) is 2. The molecule has 0 saturated carbocycles. The van der Waals surface area contributed by atoms with E-state index in [1.165, 1.54) is 71.1 Å². The molecule has 2 nitrogen and oxygen atoms in total. The van der Waals surface area contributed by atoms with E-state index in [0.717, 1.165) is 11.8 Å². The molecule has 21 heavy (non-hydrogen) atoms. The Labute approximate surface area is 132 Å². The monoisotopic (exact) mass is 294 g/mol. The van der Waals surface area contributed by atoms with Crippen molar-refractivity contribution >= 4 is 0 Å². The van der Waals surface area contributed by atoms with Gasteiger partial charge in [0.2, 0.25) is 0 Å². The fraction of sp³-hybridized carbons (Fsp3) is 1.00. The highest BCUT2D eigenvalue weighted by Gasteiger charge is 2.33. The Kier molecular flexibility index (Phi) is 6.14. The Balaban J connectivity index is 1.81. The summed E-state index contributed by atoms with van der Waals surface area (Å²) in [4.78, 5) is 0. The molecule has 0 bridgehead atoms. The van der Waals surface area contributed by atoms with Crippen LogP contribution in [0, 0.1) is 22.7 Å². The third-order valence-corrected chi connectivity index (χ3v) is 5.56. The molecule has 0 aromatic carbocycles. The molecule has 2 rings (SSSR count). The van der Waals surface area contributed by atoms with Crippen molar-refractivity contribution < 1.29 is 0 Å². The normalized spacial score (nSPS) is 23.4. The average molecular weight is 295 g/mol. The lowest BCUT2D eigenvalue weighted by Gasteiger charge is -2.40. The molecule has 0 aromatic heterocycles. The van der Waals surface area contributed by atoms with E-state index >= 15 is 0 Å². The summed E-state index contributed by atoms with van der Waals surface area (Å²) in [6.45, 7) is 15.0. The fourth-order valence-corrected chi connectivity index (χ4v) is 5.17. The molecule has 0 aliphatic carbocycles. The Bertz CT molecular complexity index is 267. The first-order valence-corrected chi connectivity index (χ1v) is 9.28. The molecule has 2 saturated heterocycles. The Morgan fingerprint density at radius 3 is 1.33 bits per heavy atom. The van der Waals surface area contributed by atoms with Crippen molar-refractivity contribution in [1.82, 2.24) is 10.6 Å². The minimum Gasteiger partial charge on any atom is -0.317 e. The molecule has 2 aliphatic rings. The van der Waals surface area contributed by atoms with Crippen molar-refractivity contribution in [2.45, 2.75) is 72.6 Å². The first kappa shape index (κ1) is 17.3. The standard InChI is InChI=1S/C19H38N2/c1-18(2,13-16-5-9-20-10-6-16)15-19(3,4)14-17-7-11-21-12-8-17/h16-17,20-21H,5-15H2,1-4H3. The molecule has 2 aliphatic heterocycles. The van der Waals surface area contributed by atoms with E-state index in [1.807, 2.05) is 0 Å². The van der Waals surface area contributed by atoms with Gasteiger partial charge in [-0.05, 0) is 93.8 Å². The zero-order valence-corrected chi connectivity index (χ0v) is 14.9. The summed E-state index contributed by atoms with van der Waals surface area (Å²) in [7, 11) is 0. The molecule has 2 fully saturated rings. The highest BCUT2D eigenvalue weighted by molar-refractivity contribution is 4.85. The van der Waals surface area contributed by atoms with Gasteiger partial charge < -0.3 is 10.6 Å². The van der Waals surface area contributed by atoms with Crippen LogP contribution in [0.1, 0.15) is 72.6 Å². The Hall–Kier alpha value is -0.0800. The van der Waals surface area contributed by atoms with Gasteiger partial charge in [0.1, 0.15) is 0 Å². The summed E-state index contributed by atoms with van der Waals surface area (Å²) in [5.74, 6) is 1.91. The van der Waals surface area contributed by atoms with Crippen molar-refractivity contribution in [1.29, 1.82) is 0 Å². The van der Waals surface area contributed by atoms with Gasteiger partial charge in [-0.3, -0.25) is 0 Å². The maximum absolute atomic E-state index is 3.50. The number of piperidine rings is 2. The molecular formula is C19H38N2. The van der Waals surface area contributed by atoms with Crippen LogP contribution in [0.4, 0.5) is 0 Å². The maximum atomic E-state index is 3.50. The second-order valence-electron chi connectivity index (χ2n) is 9.30. The Morgan fingerprint density at radius 2 is 1.00 bits per heavy atom. The largest absolute Gasteiger partial charge is 0.317 e. The van der Waals surface area contributed by atoms with E-state index in [1.54, 1.807) is 0 Å².